The van der Waals surface area contributed by atoms with Gasteiger partial charge in [0, 0.05) is 12.6 Å². The van der Waals surface area contributed by atoms with Gasteiger partial charge in [-0.15, -0.1) is 12.4 Å². The van der Waals surface area contributed by atoms with Crippen molar-refractivity contribution in [1.29, 1.82) is 0 Å². The number of rotatable bonds is 2. The van der Waals surface area contributed by atoms with E-state index in [0.29, 0.717) is 10.3 Å². The summed E-state index contributed by atoms with van der Waals surface area (Å²) in [5.74, 6) is 0.0230. The fourth-order valence-electron chi connectivity index (χ4n) is 4.25. The molecular formula is C19H24ClN3O2S. The number of halogens is 1. The molecule has 1 aromatic heterocycles. The second kappa shape index (κ2) is 7.94. The third-order valence-electron chi connectivity index (χ3n) is 5.49. The van der Waals surface area contributed by atoms with Crippen LogP contribution in [0.5, 0.6) is 5.88 Å². The first kappa shape index (κ1) is 19.1. The van der Waals surface area contributed by atoms with E-state index in [1.165, 1.54) is 12.0 Å². The first-order valence-corrected chi connectivity index (χ1v) is 9.46. The summed E-state index contributed by atoms with van der Waals surface area (Å²) in [6.45, 7) is 0.777. The zero-order chi connectivity index (χ0) is 17.4. The van der Waals surface area contributed by atoms with Crippen LogP contribution in [0.15, 0.2) is 29.1 Å². The van der Waals surface area contributed by atoms with Gasteiger partial charge in [0.05, 0.1) is 11.6 Å². The van der Waals surface area contributed by atoms with E-state index in [4.69, 9.17) is 12.2 Å². The fourth-order valence-corrected chi connectivity index (χ4v) is 4.58. The van der Waals surface area contributed by atoms with Crippen LogP contribution < -0.4 is 10.9 Å². The standard InChI is InChI=1S/C19H23N3O2S.ClH/c23-17-15(16-14-9-5-4-6-12(14)10-11-20-16)18(24)22(19(25)21-17)13-7-2-1-3-8-13;/h4-6,9,13,16,20,24H,1-3,7-8,10-11H2,(H,21,23,25);1H. The van der Waals surface area contributed by atoms with E-state index < -0.39 is 0 Å². The van der Waals surface area contributed by atoms with Gasteiger partial charge in [-0.1, -0.05) is 43.5 Å². The Balaban J connectivity index is 0.00000196. The van der Waals surface area contributed by atoms with Gasteiger partial charge in [-0.25, -0.2) is 0 Å². The van der Waals surface area contributed by atoms with Gasteiger partial charge in [0.2, 0.25) is 5.88 Å². The third kappa shape index (κ3) is 3.33. The summed E-state index contributed by atoms with van der Waals surface area (Å²) < 4.78 is 2.09. The number of nitrogens with zero attached hydrogens (tertiary/aromatic N) is 1. The molecule has 3 N–H and O–H groups in total. The van der Waals surface area contributed by atoms with Gasteiger partial charge >= 0.3 is 0 Å². The minimum atomic E-state index is -0.306. The fraction of sp³-hybridized carbons (Fsp3) is 0.474. The van der Waals surface area contributed by atoms with Crippen molar-refractivity contribution in [2.45, 2.75) is 50.6 Å². The van der Waals surface area contributed by atoms with Crippen LogP contribution in [0.4, 0.5) is 0 Å². The topological polar surface area (TPSA) is 70.0 Å². The smallest absolute Gasteiger partial charge is 0.260 e. The van der Waals surface area contributed by atoms with E-state index in [2.05, 4.69) is 16.4 Å². The number of fused-ring (bicyclic) bond motifs is 1. The van der Waals surface area contributed by atoms with Crippen molar-refractivity contribution in [1.82, 2.24) is 14.9 Å². The van der Waals surface area contributed by atoms with Crippen LogP contribution in [-0.4, -0.2) is 21.2 Å². The minimum absolute atomic E-state index is 0. The van der Waals surface area contributed by atoms with E-state index in [0.717, 1.165) is 44.2 Å². The third-order valence-corrected chi connectivity index (χ3v) is 5.79. The number of aromatic hydroxyl groups is 1. The van der Waals surface area contributed by atoms with Crippen molar-refractivity contribution in [3.8, 4) is 5.88 Å². The Morgan fingerprint density at radius 1 is 1.15 bits per heavy atom. The molecule has 0 spiro atoms. The Kier molecular flexibility index (Phi) is 5.85. The Bertz CT molecular complexity index is 902. The molecule has 140 valence electrons. The number of benzene rings is 1. The molecule has 5 nitrogen and oxygen atoms in total. The summed E-state index contributed by atoms with van der Waals surface area (Å²) in [5, 5.41) is 14.4. The molecule has 1 aliphatic carbocycles. The van der Waals surface area contributed by atoms with Crippen LogP contribution in [0.1, 0.15) is 60.9 Å². The SMILES string of the molecule is Cl.O=c1[nH]c(=S)n(C2CCCCC2)c(O)c1C1NCCc2ccccc21. The molecule has 4 rings (SSSR count). The van der Waals surface area contributed by atoms with Crippen LogP contribution >= 0.6 is 24.6 Å². The van der Waals surface area contributed by atoms with Gasteiger partial charge < -0.3 is 10.4 Å². The van der Waals surface area contributed by atoms with E-state index in [1.807, 2.05) is 18.2 Å². The van der Waals surface area contributed by atoms with Gasteiger partial charge in [0.25, 0.3) is 5.56 Å². The quantitative estimate of drug-likeness (QED) is 0.679. The minimum Gasteiger partial charge on any atom is -0.494 e. The van der Waals surface area contributed by atoms with Crippen molar-refractivity contribution < 1.29 is 5.11 Å². The molecule has 0 saturated heterocycles. The normalized spacial score (nSPS) is 20.2. The van der Waals surface area contributed by atoms with Crippen LogP contribution in [-0.2, 0) is 6.42 Å². The van der Waals surface area contributed by atoms with Crippen LogP contribution in [0.25, 0.3) is 0 Å². The Hall–Kier alpha value is -1.63. The molecule has 1 unspecified atom stereocenters. The van der Waals surface area contributed by atoms with E-state index in [9.17, 15) is 9.90 Å². The lowest BCUT2D eigenvalue weighted by Gasteiger charge is -2.30. The molecule has 2 heterocycles. The largest absolute Gasteiger partial charge is 0.494 e. The molecular weight excluding hydrogens is 370 g/mol. The van der Waals surface area contributed by atoms with Crippen LogP contribution in [0.3, 0.4) is 0 Å². The van der Waals surface area contributed by atoms with Crippen molar-refractivity contribution in [3.05, 3.63) is 56.1 Å². The summed E-state index contributed by atoms with van der Waals surface area (Å²) in [6.07, 6.45) is 6.38. The van der Waals surface area contributed by atoms with Crippen molar-refractivity contribution >= 4 is 24.6 Å². The molecule has 2 aromatic rings. The summed E-state index contributed by atoms with van der Waals surface area (Å²) in [5.41, 5.74) is 2.36. The predicted octanol–water partition coefficient (Wildman–Crippen LogP) is 3.77. The zero-order valence-corrected chi connectivity index (χ0v) is 16.2. The molecule has 1 atom stereocenters. The molecule has 2 aliphatic rings. The summed E-state index contributed by atoms with van der Waals surface area (Å²) in [6, 6.07) is 7.96. The van der Waals surface area contributed by atoms with Gasteiger partial charge in [0.15, 0.2) is 4.77 Å². The monoisotopic (exact) mass is 393 g/mol. The highest BCUT2D eigenvalue weighted by Gasteiger charge is 2.29. The second-order valence-corrected chi connectivity index (χ2v) is 7.38. The average molecular weight is 394 g/mol. The second-order valence-electron chi connectivity index (χ2n) is 6.99. The first-order valence-electron chi connectivity index (χ1n) is 9.05. The molecule has 1 fully saturated rings. The van der Waals surface area contributed by atoms with Gasteiger partial charge in [-0.3, -0.25) is 14.3 Å². The van der Waals surface area contributed by atoms with Crippen molar-refractivity contribution in [2.24, 2.45) is 0 Å². The molecule has 0 bridgehead atoms. The Morgan fingerprint density at radius 3 is 2.65 bits per heavy atom. The summed E-state index contributed by atoms with van der Waals surface area (Å²) in [7, 11) is 0. The molecule has 1 saturated carbocycles. The van der Waals surface area contributed by atoms with E-state index >= 15 is 0 Å². The zero-order valence-electron chi connectivity index (χ0n) is 14.5. The highest BCUT2D eigenvalue weighted by Crippen LogP contribution is 2.36. The molecule has 0 amide bonds. The summed E-state index contributed by atoms with van der Waals surface area (Å²) >= 11 is 5.37. The number of aromatic amines is 1. The van der Waals surface area contributed by atoms with Crippen LogP contribution in [0.2, 0.25) is 0 Å². The molecule has 1 aliphatic heterocycles. The average Bonchev–Trinajstić information content (AvgIpc) is 2.62. The van der Waals surface area contributed by atoms with Gasteiger partial charge in [-0.2, -0.15) is 0 Å². The van der Waals surface area contributed by atoms with E-state index in [1.54, 1.807) is 4.57 Å². The number of H-pyrrole nitrogens is 1. The molecule has 26 heavy (non-hydrogen) atoms. The number of hydrogen-bond donors (Lipinski definition) is 3. The highest BCUT2D eigenvalue weighted by atomic mass is 35.5. The van der Waals surface area contributed by atoms with Gasteiger partial charge in [-0.05, 0) is 42.6 Å². The molecule has 0 radical (unpaired) electrons. The molecule has 7 heteroatoms. The first-order chi connectivity index (χ1) is 12.2. The predicted molar refractivity (Wildman–Crippen MR) is 107 cm³/mol. The van der Waals surface area contributed by atoms with E-state index in [-0.39, 0.29) is 35.9 Å². The maximum absolute atomic E-state index is 12.7. The lowest BCUT2D eigenvalue weighted by atomic mass is 9.90. The van der Waals surface area contributed by atoms with Crippen molar-refractivity contribution in [2.75, 3.05) is 6.54 Å². The maximum atomic E-state index is 12.7. The van der Waals surface area contributed by atoms with Crippen LogP contribution in [0, 0.1) is 4.77 Å². The molecule has 1 aromatic carbocycles. The number of hydrogen-bond acceptors (Lipinski definition) is 4. The highest BCUT2D eigenvalue weighted by molar-refractivity contribution is 7.71. The maximum Gasteiger partial charge on any atom is 0.260 e. The Labute approximate surface area is 163 Å². The number of aromatic nitrogens is 2. The van der Waals surface area contributed by atoms with Crippen molar-refractivity contribution in [3.63, 3.8) is 0 Å². The lowest BCUT2D eigenvalue weighted by Crippen LogP contribution is -2.35. The summed E-state index contributed by atoms with van der Waals surface area (Å²) in [4.78, 5) is 15.5. The lowest BCUT2D eigenvalue weighted by molar-refractivity contribution is 0.297. The number of nitrogens with one attached hydrogen (secondary N) is 2. The Morgan fingerprint density at radius 2 is 1.88 bits per heavy atom. The van der Waals surface area contributed by atoms with Gasteiger partial charge in [0.1, 0.15) is 0 Å².